The summed E-state index contributed by atoms with van der Waals surface area (Å²) in [6.07, 6.45) is 2.33. The number of benzene rings is 2. The number of nitrogens with zero attached hydrogens (tertiary/aromatic N) is 1. The van der Waals surface area contributed by atoms with E-state index in [1.165, 1.54) is 15.5 Å². The third-order valence-corrected chi connectivity index (χ3v) is 5.91. The van der Waals surface area contributed by atoms with E-state index >= 15 is 0 Å². The Labute approximate surface area is 157 Å². The van der Waals surface area contributed by atoms with Gasteiger partial charge in [-0.2, -0.15) is 0 Å². The Hall–Kier alpha value is -1.98. The molecule has 0 saturated heterocycles. The fourth-order valence-corrected chi connectivity index (χ4v) is 4.54. The minimum atomic E-state index is 0.874. The third kappa shape index (κ3) is 4.77. The molecular weight excluding hydrogens is 348 g/mol. The van der Waals surface area contributed by atoms with E-state index in [9.17, 15) is 0 Å². The Morgan fingerprint density at radius 2 is 1.84 bits per heavy atom. The lowest BCUT2D eigenvalue weighted by Gasteiger charge is -2.04. The molecule has 0 unspecified atom stereocenters. The lowest BCUT2D eigenvalue weighted by Crippen LogP contribution is -1.99. The van der Waals surface area contributed by atoms with Crippen LogP contribution in [0.25, 0.3) is 11.3 Å². The molecule has 3 nitrogen and oxygen atoms in total. The van der Waals surface area contributed by atoms with Crippen LogP contribution in [0.2, 0.25) is 0 Å². The smallest absolute Gasteiger partial charge is 0.184 e. The van der Waals surface area contributed by atoms with Gasteiger partial charge >= 0.3 is 0 Å². The van der Waals surface area contributed by atoms with E-state index in [-0.39, 0.29) is 0 Å². The summed E-state index contributed by atoms with van der Waals surface area (Å²) in [6, 6.07) is 18.5. The molecule has 25 heavy (non-hydrogen) atoms. The van der Waals surface area contributed by atoms with Gasteiger partial charge in [-0.3, -0.25) is 0 Å². The van der Waals surface area contributed by atoms with Gasteiger partial charge in [0.15, 0.2) is 5.13 Å². The molecule has 0 fully saturated rings. The largest absolute Gasteiger partial charge is 0.497 e. The molecule has 0 bridgehead atoms. The van der Waals surface area contributed by atoms with Crippen LogP contribution in [0.1, 0.15) is 19.8 Å². The van der Waals surface area contributed by atoms with E-state index < -0.39 is 0 Å². The Morgan fingerprint density at radius 3 is 2.52 bits per heavy atom. The van der Waals surface area contributed by atoms with Crippen LogP contribution in [0, 0.1) is 0 Å². The highest BCUT2D eigenvalue weighted by Gasteiger charge is 2.14. The van der Waals surface area contributed by atoms with Gasteiger partial charge in [-0.25, -0.2) is 4.98 Å². The summed E-state index contributed by atoms with van der Waals surface area (Å²) in [5, 5.41) is 4.44. The molecule has 0 aliphatic rings. The second-order valence-corrected chi connectivity index (χ2v) is 7.92. The van der Waals surface area contributed by atoms with Crippen molar-refractivity contribution in [2.75, 3.05) is 19.0 Å². The third-order valence-electron chi connectivity index (χ3n) is 3.72. The number of unbranched alkanes of at least 4 members (excludes halogenated alkanes) is 1. The van der Waals surface area contributed by atoms with Crippen molar-refractivity contribution in [2.45, 2.75) is 28.9 Å². The Morgan fingerprint density at radius 1 is 1.08 bits per heavy atom. The van der Waals surface area contributed by atoms with Gasteiger partial charge in [0.1, 0.15) is 5.75 Å². The maximum absolute atomic E-state index is 5.24. The van der Waals surface area contributed by atoms with E-state index in [2.05, 4.69) is 48.6 Å². The van der Waals surface area contributed by atoms with Crippen molar-refractivity contribution in [3.8, 4) is 17.0 Å². The number of anilines is 1. The number of nitrogens with one attached hydrogen (secondary N) is 1. The molecule has 0 atom stereocenters. The topological polar surface area (TPSA) is 34.2 Å². The summed E-state index contributed by atoms with van der Waals surface area (Å²) in [4.78, 5) is 6.03. The van der Waals surface area contributed by atoms with Gasteiger partial charge in [-0.05, 0) is 30.7 Å². The number of rotatable bonds is 8. The fourth-order valence-electron chi connectivity index (χ4n) is 2.35. The standard InChI is InChI=1S/C20H22N2OS2/c1-3-4-14-21-20-22-18(15-8-6-5-7-9-15)19(25-20)24-17-12-10-16(23-2)11-13-17/h5-13H,3-4,14H2,1-2H3,(H,21,22). The predicted octanol–water partition coefficient (Wildman–Crippen LogP) is 6.18. The summed E-state index contributed by atoms with van der Waals surface area (Å²) in [5.41, 5.74) is 2.20. The van der Waals surface area contributed by atoms with E-state index in [0.29, 0.717) is 0 Å². The first-order valence-corrected chi connectivity index (χ1v) is 10.1. The van der Waals surface area contributed by atoms with Crippen molar-refractivity contribution in [1.82, 2.24) is 4.98 Å². The predicted molar refractivity (Wildman–Crippen MR) is 108 cm³/mol. The van der Waals surface area contributed by atoms with Crippen LogP contribution in [0.3, 0.4) is 0 Å². The SMILES string of the molecule is CCCCNc1nc(-c2ccccc2)c(Sc2ccc(OC)cc2)s1. The Kier molecular flexibility index (Phi) is 6.36. The minimum absolute atomic E-state index is 0.874. The average molecular weight is 371 g/mol. The fraction of sp³-hybridized carbons (Fsp3) is 0.250. The van der Waals surface area contributed by atoms with E-state index in [0.717, 1.165) is 35.1 Å². The molecular formula is C20H22N2OS2. The molecule has 0 radical (unpaired) electrons. The lowest BCUT2D eigenvalue weighted by molar-refractivity contribution is 0.414. The van der Waals surface area contributed by atoms with Crippen LogP contribution in [-0.2, 0) is 0 Å². The van der Waals surface area contributed by atoms with Crippen LogP contribution >= 0.6 is 23.1 Å². The van der Waals surface area contributed by atoms with E-state index in [1.54, 1.807) is 30.2 Å². The zero-order valence-corrected chi connectivity index (χ0v) is 16.1. The van der Waals surface area contributed by atoms with E-state index in [4.69, 9.17) is 9.72 Å². The second-order valence-electron chi connectivity index (χ2n) is 5.58. The molecule has 1 heterocycles. The van der Waals surface area contributed by atoms with Crippen molar-refractivity contribution in [3.63, 3.8) is 0 Å². The van der Waals surface area contributed by atoms with Gasteiger partial charge in [-0.1, -0.05) is 66.8 Å². The summed E-state index contributed by atoms with van der Waals surface area (Å²) in [5.74, 6) is 0.874. The van der Waals surface area contributed by atoms with Crippen molar-refractivity contribution < 1.29 is 4.74 Å². The van der Waals surface area contributed by atoms with Gasteiger partial charge in [0.2, 0.25) is 0 Å². The van der Waals surface area contributed by atoms with Gasteiger partial charge in [0.05, 0.1) is 17.0 Å². The highest BCUT2D eigenvalue weighted by Crippen LogP contribution is 2.42. The average Bonchev–Trinajstić information content (AvgIpc) is 3.06. The van der Waals surface area contributed by atoms with Crippen LogP contribution in [0.5, 0.6) is 5.75 Å². The van der Waals surface area contributed by atoms with Crippen molar-refractivity contribution in [3.05, 3.63) is 54.6 Å². The maximum atomic E-state index is 5.24. The minimum Gasteiger partial charge on any atom is -0.497 e. The maximum Gasteiger partial charge on any atom is 0.184 e. The molecule has 3 aromatic rings. The molecule has 3 rings (SSSR count). The number of thiazole rings is 1. The summed E-state index contributed by atoms with van der Waals surface area (Å²) in [7, 11) is 1.69. The molecule has 0 aliphatic carbocycles. The quantitative estimate of drug-likeness (QED) is 0.480. The van der Waals surface area contributed by atoms with Gasteiger partial charge in [0, 0.05) is 17.0 Å². The second kappa shape index (κ2) is 8.92. The van der Waals surface area contributed by atoms with Crippen LogP contribution in [0.4, 0.5) is 5.13 Å². The summed E-state index contributed by atoms with van der Waals surface area (Å²) < 4.78 is 6.45. The summed E-state index contributed by atoms with van der Waals surface area (Å²) in [6.45, 7) is 3.16. The molecule has 0 saturated carbocycles. The van der Waals surface area contributed by atoms with Gasteiger partial charge in [0.25, 0.3) is 0 Å². The molecule has 2 aromatic carbocycles. The molecule has 0 aliphatic heterocycles. The Balaban J connectivity index is 1.86. The zero-order valence-electron chi connectivity index (χ0n) is 14.5. The molecule has 130 valence electrons. The van der Waals surface area contributed by atoms with E-state index in [1.807, 2.05) is 18.2 Å². The monoisotopic (exact) mass is 370 g/mol. The summed E-state index contributed by atoms with van der Waals surface area (Å²) >= 11 is 3.47. The van der Waals surface area contributed by atoms with Gasteiger partial charge in [-0.15, -0.1) is 0 Å². The normalized spacial score (nSPS) is 10.6. The molecule has 0 spiro atoms. The van der Waals surface area contributed by atoms with Crippen molar-refractivity contribution >= 4 is 28.2 Å². The van der Waals surface area contributed by atoms with Crippen LogP contribution < -0.4 is 10.1 Å². The van der Waals surface area contributed by atoms with Crippen molar-refractivity contribution in [1.29, 1.82) is 0 Å². The Bertz CT molecular complexity index is 785. The highest BCUT2D eigenvalue weighted by atomic mass is 32.2. The molecule has 5 heteroatoms. The van der Waals surface area contributed by atoms with Crippen molar-refractivity contribution in [2.24, 2.45) is 0 Å². The number of methoxy groups -OCH3 is 1. The first-order chi connectivity index (χ1) is 12.3. The zero-order chi connectivity index (χ0) is 17.5. The van der Waals surface area contributed by atoms with Crippen LogP contribution in [0.15, 0.2) is 63.7 Å². The number of hydrogen-bond acceptors (Lipinski definition) is 5. The number of aromatic nitrogens is 1. The molecule has 0 amide bonds. The first-order valence-electron chi connectivity index (χ1n) is 8.42. The molecule has 1 N–H and O–H groups in total. The molecule has 1 aromatic heterocycles. The van der Waals surface area contributed by atoms with Crippen LogP contribution in [-0.4, -0.2) is 18.6 Å². The van der Waals surface area contributed by atoms with Gasteiger partial charge < -0.3 is 10.1 Å². The first kappa shape index (κ1) is 17.8. The number of ether oxygens (including phenoxy) is 1. The highest BCUT2D eigenvalue weighted by molar-refractivity contribution is 8.01. The lowest BCUT2D eigenvalue weighted by atomic mass is 10.2. The number of hydrogen-bond donors (Lipinski definition) is 1.